The van der Waals surface area contributed by atoms with Crippen molar-refractivity contribution in [2.45, 2.75) is 19.4 Å². The Hall–Kier alpha value is -1.10. The average molecular weight is 258 g/mol. The van der Waals surface area contributed by atoms with Crippen LogP contribution in [0.4, 0.5) is 5.69 Å². The van der Waals surface area contributed by atoms with Crippen LogP contribution in [0.15, 0.2) is 16.6 Å². The molecule has 2 rings (SSSR count). The first-order valence-corrected chi connectivity index (χ1v) is 5.01. The van der Waals surface area contributed by atoms with Crippen molar-refractivity contribution >= 4 is 21.6 Å². The van der Waals surface area contributed by atoms with Gasteiger partial charge in [0.1, 0.15) is 6.10 Å². The summed E-state index contributed by atoms with van der Waals surface area (Å²) in [5, 5.41) is 10.7. The fourth-order valence-corrected chi connectivity index (χ4v) is 2.06. The maximum atomic E-state index is 10.7. The van der Waals surface area contributed by atoms with Crippen molar-refractivity contribution in [3.63, 3.8) is 0 Å². The minimum atomic E-state index is -0.413. The van der Waals surface area contributed by atoms with Crippen LogP contribution >= 0.6 is 15.9 Å². The predicted molar refractivity (Wildman–Crippen MR) is 54.6 cm³/mol. The zero-order valence-corrected chi connectivity index (χ0v) is 9.08. The quantitative estimate of drug-likeness (QED) is 0.574. The second kappa shape index (κ2) is 3.24. The molecule has 0 spiro atoms. The molecule has 0 amide bonds. The van der Waals surface area contributed by atoms with Crippen LogP contribution in [0.3, 0.4) is 0 Å². The van der Waals surface area contributed by atoms with Gasteiger partial charge in [0.2, 0.25) is 5.75 Å². The van der Waals surface area contributed by atoms with Crippen molar-refractivity contribution in [2.75, 3.05) is 0 Å². The van der Waals surface area contributed by atoms with Gasteiger partial charge in [0.15, 0.2) is 0 Å². The summed E-state index contributed by atoms with van der Waals surface area (Å²) in [4.78, 5) is 10.3. The standard InChI is InChI=1S/C9H8BrNO3/c1-5-4-6-7(10)2-3-8(11(12)13)9(6)14-5/h2-3,5H,4H2,1H3. The van der Waals surface area contributed by atoms with Crippen molar-refractivity contribution in [1.29, 1.82) is 0 Å². The lowest BCUT2D eigenvalue weighted by molar-refractivity contribution is -0.385. The Morgan fingerprint density at radius 3 is 3.00 bits per heavy atom. The van der Waals surface area contributed by atoms with Crippen LogP contribution in [0.5, 0.6) is 5.75 Å². The highest BCUT2D eigenvalue weighted by Crippen LogP contribution is 2.41. The lowest BCUT2D eigenvalue weighted by Crippen LogP contribution is -2.05. The van der Waals surface area contributed by atoms with Gasteiger partial charge in [0.25, 0.3) is 0 Å². The van der Waals surface area contributed by atoms with E-state index < -0.39 is 4.92 Å². The highest BCUT2D eigenvalue weighted by Gasteiger charge is 2.29. The topological polar surface area (TPSA) is 52.4 Å². The molecule has 0 saturated heterocycles. The summed E-state index contributed by atoms with van der Waals surface area (Å²) in [6.07, 6.45) is 0.736. The van der Waals surface area contributed by atoms with Crippen molar-refractivity contribution in [2.24, 2.45) is 0 Å². The SMILES string of the molecule is CC1Cc2c(Br)ccc([N+](=O)[O-])c2O1. The Labute approximate surface area is 89.2 Å². The highest BCUT2D eigenvalue weighted by molar-refractivity contribution is 9.10. The Morgan fingerprint density at radius 1 is 1.64 bits per heavy atom. The molecule has 1 aromatic rings. The number of benzene rings is 1. The van der Waals surface area contributed by atoms with E-state index in [0.717, 1.165) is 16.5 Å². The Bertz CT molecular complexity index is 405. The molecule has 0 fully saturated rings. The van der Waals surface area contributed by atoms with Crippen molar-refractivity contribution in [1.82, 2.24) is 0 Å². The third-order valence-corrected chi connectivity index (χ3v) is 2.93. The van der Waals surface area contributed by atoms with Crippen LogP contribution in [0, 0.1) is 10.1 Å². The molecule has 0 radical (unpaired) electrons. The fourth-order valence-electron chi connectivity index (χ4n) is 1.59. The molecule has 5 heteroatoms. The van der Waals surface area contributed by atoms with Crippen LogP contribution in [0.25, 0.3) is 0 Å². The monoisotopic (exact) mass is 257 g/mol. The lowest BCUT2D eigenvalue weighted by Gasteiger charge is -2.03. The number of rotatable bonds is 1. The summed E-state index contributed by atoms with van der Waals surface area (Å²) in [5.41, 5.74) is 0.944. The zero-order chi connectivity index (χ0) is 10.3. The highest BCUT2D eigenvalue weighted by atomic mass is 79.9. The molecule has 0 aliphatic carbocycles. The maximum Gasteiger partial charge on any atom is 0.311 e. The van der Waals surface area contributed by atoms with E-state index in [1.54, 1.807) is 6.07 Å². The van der Waals surface area contributed by atoms with Gasteiger partial charge in [0.05, 0.1) is 4.92 Å². The van der Waals surface area contributed by atoms with Crippen molar-refractivity contribution in [3.05, 3.63) is 32.3 Å². The number of fused-ring (bicyclic) bond motifs is 1. The summed E-state index contributed by atoms with van der Waals surface area (Å²) < 4.78 is 6.29. The summed E-state index contributed by atoms with van der Waals surface area (Å²) in [6.45, 7) is 1.90. The third-order valence-electron chi connectivity index (χ3n) is 2.19. The van der Waals surface area contributed by atoms with E-state index in [2.05, 4.69) is 15.9 Å². The largest absolute Gasteiger partial charge is 0.483 e. The van der Waals surface area contributed by atoms with Gasteiger partial charge in [-0.1, -0.05) is 15.9 Å². The van der Waals surface area contributed by atoms with Crippen molar-refractivity contribution in [3.8, 4) is 5.75 Å². The smallest absolute Gasteiger partial charge is 0.311 e. The van der Waals surface area contributed by atoms with Gasteiger partial charge >= 0.3 is 5.69 Å². The molecular formula is C9H8BrNO3. The number of nitro benzene ring substituents is 1. The van der Waals surface area contributed by atoms with Crippen LogP contribution in [-0.4, -0.2) is 11.0 Å². The molecule has 4 nitrogen and oxygen atoms in total. The van der Waals surface area contributed by atoms with Gasteiger partial charge in [-0.3, -0.25) is 10.1 Å². The van der Waals surface area contributed by atoms with Crippen LogP contribution < -0.4 is 4.74 Å². The summed E-state index contributed by atoms with van der Waals surface area (Å²) in [6, 6.07) is 3.15. The lowest BCUT2D eigenvalue weighted by atomic mass is 10.1. The molecule has 1 atom stereocenters. The second-order valence-electron chi connectivity index (χ2n) is 3.26. The molecule has 1 aliphatic rings. The molecule has 0 N–H and O–H groups in total. The van der Waals surface area contributed by atoms with Gasteiger partial charge in [-0.25, -0.2) is 0 Å². The van der Waals surface area contributed by atoms with E-state index in [1.165, 1.54) is 6.07 Å². The van der Waals surface area contributed by atoms with Crippen LogP contribution in [0.2, 0.25) is 0 Å². The van der Waals surface area contributed by atoms with E-state index >= 15 is 0 Å². The van der Waals surface area contributed by atoms with Gasteiger partial charge in [-0.2, -0.15) is 0 Å². The molecule has 0 aromatic heterocycles. The third kappa shape index (κ3) is 1.37. The minimum absolute atomic E-state index is 0.0161. The molecule has 74 valence electrons. The molecule has 0 saturated carbocycles. The van der Waals surface area contributed by atoms with E-state index in [0.29, 0.717) is 5.75 Å². The molecule has 0 bridgehead atoms. The molecule has 14 heavy (non-hydrogen) atoms. The minimum Gasteiger partial charge on any atom is -0.483 e. The van der Waals surface area contributed by atoms with E-state index in [-0.39, 0.29) is 11.8 Å². The normalized spacial score (nSPS) is 18.9. The summed E-state index contributed by atoms with van der Waals surface area (Å²) >= 11 is 3.36. The number of nitro groups is 1. The summed E-state index contributed by atoms with van der Waals surface area (Å²) in [5.74, 6) is 0.414. The van der Waals surface area contributed by atoms with Gasteiger partial charge in [-0.15, -0.1) is 0 Å². The van der Waals surface area contributed by atoms with E-state index in [1.807, 2.05) is 6.92 Å². The van der Waals surface area contributed by atoms with Crippen LogP contribution in [0.1, 0.15) is 12.5 Å². The number of halogens is 1. The average Bonchev–Trinajstić information content (AvgIpc) is 2.47. The van der Waals surface area contributed by atoms with E-state index in [4.69, 9.17) is 4.74 Å². The van der Waals surface area contributed by atoms with Crippen LogP contribution in [-0.2, 0) is 6.42 Å². The number of hydrogen-bond acceptors (Lipinski definition) is 3. The number of nitrogens with zero attached hydrogens (tertiary/aromatic N) is 1. The molecule has 1 unspecified atom stereocenters. The molecule has 1 aliphatic heterocycles. The molecule has 1 heterocycles. The zero-order valence-electron chi connectivity index (χ0n) is 7.49. The van der Waals surface area contributed by atoms with Gasteiger partial charge < -0.3 is 4.74 Å². The van der Waals surface area contributed by atoms with Crippen molar-refractivity contribution < 1.29 is 9.66 Å². The molecular weight excluding hydrogens is 250 g/mol. The summed E-state index contributed by atoms with van der Waals surface area (Å²) in [7, 11) is 0. The second-order valence-corrected chi connectivity index (χ2v) is 4.12. The van der Waals surface area contributed by atoms with E-state index in [9.17, 15) is 10.1 Å². The number of hydrogen-bond donors (Lipinski definition) is 0. The maximum absolute atomic E-state index is 10.7. The first kappa shape index (κ1) is 9.45. The first-order chi connectivity index (χ1) is 6.59. The first-order valence-electron chi connectivity index (χ1n) is 4.22. The Kier molecular flexibility index (Phi) is 2.19. The predicted octanol–water partition coefficient (Wildman–Crippen LogP) is 2.68. The Morgan fingerprint density at radius 2 is 2.36 bits per heavy atom. The fraction of sp³-hybridized carbons (Fsp3) is 0.333. The Balaban J connectivity index is 2.59. The van der Waals surface area contributed by atoms with Gasteiger partial charge in [-0.05, 0) is 13.0 Å². The number of ether oxygens (including phenoxy) is 1. The molecule has 1 aromatic carbocycles. The van der Waals surface area contributed by atoms with Gasteiger partial charge in [0, 0.05) is 22.5 Å².